The van der Waals surface area contributed by atoms with Gasteiger partial charge in [0, 0.05) is 37.1 Å². The van der Waals surface area contributed by atoms with Gasteiger partial charge in [-0.05, 0) is 24.3 Å². The fraction of sp³-hybridized carbons (Fsp3) is 0.438. The quantitative estimate of drug-likeness (QED) is 0.848. The molecule has 2 fully saturated rings. The molecule has 24 heavy (non-hydrogen) atoms. The lowest BCUT2D eigenvalue weighted by atomic mass is 10.0. The number of carbonyl (C=O) groups is 1. The van der Waals surface area contributed by atoms with E-state index in [1.165, 1.54) is 0 Å². The Labute approximate surface area is 144 Å². The van der Waals surface area contributed by atoms with Gasteiger partial charge in [0.15, 0.2) is 0 Å². The van der Waals surface area contributed by atoms with Crippen LogP contribution in [0.15, 0.2) is 28.8 Å². The van der Waals surface area contributed by atoms with Crippen LogP contribution in [0.5, 0.6) is 0 Å². The van der Waals surface area contributed by atoms with Gasteiger partial charge in [0.25, 0.3) is 0 Å². The van der Waals surface area contributed by atoms with Crippen molar-refractivity contribution in [3.63, 3.8) is 0 Å². The van der Waals surface area contributed by atoms with E-state index in [2.05, 4.69) is 15.0 Å². The molecule has 8 heteroatoms. The Morgan fingerprint density at radius 2 is 2.08 bits per heavy atom. The molecule has 0 saturated carbocycles. The number of halogens is 1. The van der Waals surface area contributed by atoms with Crippen molar-refractivity contribution >= 4 is 17.7 Å². The highest BCUT2D eigenvalue weighted by molar-refractivity contribution is 6.30. The van der Waals surface area contributed by atoms with E-state index in [1.54, 1.807) is 24.1 Å². The number of likely N-dealkylation sites (N-methyl/N-ethyl adjacent to an activating group) is 1. The first kappa shape index (κ1) is 15.4. The predicted molar refractivity (Wildman–Crippen MR) is 86.5 cm³/mol. The third-order valence-corrected chi connectivity index (χ3v) is 4.72. The zero-order chi connectivity index (χ0) is 16.7. The molecule has 0 bridgehead atoms. The second-order valence-electron chi connectivity index (χ2n) is 6.39. The number of benzene rings is 1. The van der Waals surface area contributed by atoms with Crippen molar-refractivity contribution in [3.05, 3.63) is 35.2 Å². The molecule has 2 aliphatic rings. The molecule has 126 valence electrons. The normalized spacial score (nSPS) is 24.1. The van der Waals surface area contributed by atoms with Crippen LogP contribution in [-0.4, -0.2) is 58.3 Å². The summed E-state index contributed by atoms with van der Waals surface area (Å²) in [4.78, 5) is 19.8. The van der Waals surface area contributed by atoms with Gasteiger partial charge < -0.3 is 14.2 Å². The van der Waals surface area contributed by atoms with Crippen LogP contribution in [-0.2, 0) is 11.3 Å². The molecule has 0 N–H and O–H groups in total. The molecule has 2 aromatic rings. The molecule has 1 amide bonds. The summed E-state index contributed by atoms with van der Waals surface area (Å²) in [5.74, 6) is 1.09. The summed E-state index contributed by atoms with van der Waals surface area (Å²) in [6.45, 7) is 2.69. The van der Waals surface area contributed by atoms with E-state index < -0.39 is 5.60 Å². The van der Waals surface area contributed by atoms with E-state index in [4.69, 9.17) is 20.9 Å². The average Bonchev–Trinajstić information content (AvgIpc) is 3.22. The largest absolute Gasteiger partial charge is 0.439 e. The standard InChI is InChI=1S/C16H17ClN4O3/c1-20-9-16(23-15(20)22)6-7-21(10-16)8-13-18-14(19-24-13)11-2-4-12(17)5-3-11/h2-5H,6-10H2,1H3. The van der Waals surface area contributed by atoms with Gasteiger partial charge in [0.05, 0.1) is 13.1 Å². The predicted octanol–water partition coefficient (Wildman–Crippen LogP) is 2.42. The lowest BCUT2D eigenvalue weighted by molar-refractivity contribution is 0.0617. The average molecular weight is 349 g/mol. The summed E-state index contributed by atoms with van der Waals surface area (Å²) in [7, 11) is 1.76. The topological polar surface area (TPSA) is 71.7 Å². The van der Waals surface area contributed by atoms with Crippen molar-refractivity contribution in [1.29, 1.82) is 0 Å². The lowest BCUT2D eigenvalue weighted by Crippen LogP contribution is -2.37. The van der Waals surface area contributed by atoms with Crippen molar-refractivity contribution in [2.75, 3.05) is 26.7 Å². The molecule has 1 aromatic heterocycles. The summed E-state index contributed by atoms with van der Waals surface area (Å²) in [5.41, 5.74) is 0.462. The Hall–Kier alpha value is -2.12. The van der Waals surface area contributed by atoms with Gasteiger partial charge in [-0.1, -0.05) is 16.8 Å². The van der Waals surface area contributed by atoms with Crippen molar-refractivity contribution < 1.29 is 14.1 Å². The second kappa shape index (κ2) is 5.75. The maximum Gasteiger partial charge on any atom is 0.410 e. The molecule has 1 unspecified atom stereocenters. The molecule has 7 nitrogen and oxygen atoms in total. The smallest absolute Gasteiger partial charge is 0.410 e. The van der Waals surface area contributed by atoms with Gasteiger partial charge in [-0.2, -0.15) is 4.98 Å². The highest BCUT2D eigenvalue weighted by atomic mass is 35.5. The van der Waals surface area contributed by atoms with Crippen molar-refractivity contribution in [3.8, 4) is 11.4 Å². The third-order valence-electron chi connectivity index (χ3n) is 4.47. The first-order chi connectivity index (χ1) is 11.5. The summed E-state index contributed by atoms with van der Waals surface area (Å²) in [6.07, 6.45) is 0.570. The van der Waals surface area contributed by atoms with Crippen LogP contribution in [0.3, 0.4) is 0 Å². The molecule has 0 aliphatic carbocycles. The monoisotopic (exact) mass is 348 g/mol. The maximum absolute atomic E-state index is 11.6. The molecule has 1 atom stereocenters. The Kier molecular flexibility index (Phi) is 3.69. The van der Waals surface area contributed by atoms with E-state index in [1.807, 2.05) is 12.1 Å². The number of ether oxygens (including phenoxy) is 1. The Balaban J connectivity index is 1.42. The fourth-order valence-corrected chi connectivity index (χ4v) is 3.42. The molecule has 2 saturated heterocycles. The van der Waals surface area contributed by atoms with Gasteiger partial charge in [0.1, 0.15) is 5.60 Å². The minimum Gasteiger partial charge on any atom is -0.439 e. The van der Waals surface area contributed by atoms with E-state index >= 15 is 0 Å². The first-order valence-electron chi connectivity index (χ1n) is 7.78. The van der Waals surface area contributed by atoms with E-state index in [9.17, 15) is 4.79 Å². The van der Waals surface area contributed by atoms with Gasteiger partial charge in [-0.15, -0.1) is 0 Å². The zero-order valence-corrected chi connectivity index (χ0v) is 14.0. The van der Waals surface area contributed by atoms with Crippen LogP contribution in [0.1, 0.15) is 12.3 Å². The summed E-state index contributed by atoms with van der Waals surface area (Å²) in [6, 6.07) is 7.30. The number of nitrogens with zero attached hydrogens (tertiary/aromatic N) is 4. The highest BCUT2D eigenvalue weighted by Gasteiger charge is 2.48. The Morgan fingerprint density at radius 3 is 2.79 bits per heavy atom. The van der Waals surface area contributed by atoms with Crippen LogP contribution in [0, 0.1) is 0 Å². The summed E-state index contributed by atoms with van der Waals surface area (Å²) >= 11 is 5.89. The number of hydrogen-bond donors (Lipinski definition) is 0. The van der Waals surface area contributed by atoms with E-state index in [-0.39, 0.29) is 6.09 Å². The van der Waals surface area contributed by atoms with Crippen LogP contribution in [0.4, 0.5) is 4.79 Å². The van der Waals surface area contributed by atoms with E-state index in [0.717, 1.165) is 18.5 Å². The van der Waals surface area contributed by atoms with Gasteiger partial charge >= 0.3 is 6.09 Å². The minimum atomic E-state index is -0.398. The Morgan fingerprint density at radius 1 is 1.29 bits per heavy atom. The summed E-state index contributed by atoms with van der Waals surface area (Å²) in [5, 5.41) is 4.69. The SMILES string of the molecule is CN1CC2(CCN(Cc3nc(-c4ccc(Cl)cc4)no3)C2)OC1=O. The number of hydrogen-bond acceptors (Lipinski definition) is 6. The van der Waals surface area contributed by atoms with Crippen LogP contribution >= 0.6 is 11.6 Å². The van der Waals surface area contributed by atoms with Crippen LogP contribution in [0.25, 0.3) is 11.4 Å². The molecule has 0 radical (unpaired) electrons. The Bertz CT molecular complexity index is 763. The molecular formula is C16H17ClN4O3. The lowest BCUT2D eigenvalue weighted by Gasteiger charge is -2.20. The zero-order valence-electron chi connectivity index (χ0n) is 13.2. The number of carbonyl (C=O) groups excluding carboxylic acids is 1. The molecule has 4 rings (SSSR count). The number of likely N-dealkylation sites (tertiary alicyclic amines) is 1. The number of amides is 1. The molecule has 2 aliphatic heterocycles. The molecular weight excluding hydrogens is 332 g/mol. The van der Waals surface area contributed by atoms with Gasteiger partial charge in [0.2, 0.25) is 11.7 Å². The maximum atomic E-state index is 11.6. The van der Waals surface area contributed by atoms with Gasteiger partial charge in [-0.3, -0.25) is 4.90 Å². The highest BCUT2D eigenvalue weighted by Crippen LogP contribution is 2.32. The molecule has 1 aromatic carbocycles. The van der Waals surface area contributed by atoms with E-state index in [0.29, 0.717) is 36.4 Å². The van der Waals surface area contributed by atoms with Crippen molar-refractivity contribution in [2.45, 2.75) is 18.6 Å². The minimum absolute atomic E-state index is 0.250. The fourth-order valence-electron chi connectivity index (χ4n) is 3.29. The van der Waals surface area contributed by atoms with Crippen molar-refractivity contribution in [2.24, 2.45) is 0 Å². The number of rotatable bonds is 3. The van der Waals surface area contributed by atoms with Crippen molar-refractivity contribution in [1.82, 2.24) is 19.9 Å². The summed E-state index contributed by atoms with van der Waals surface area (Å²) < 4.78 is 10.9. The number of aromatic nitrogens is 2. The van der Waals surface area contributed by atoms with Crippen LogP contribution in [0.2, 0.25) is 5.02 Å². The van der Waals surface area contributed by atoms with Crippen LogP contribution < -0.4 is 0 Å². The third kappa shape index (κ3) is 2.85. The molecule has 1 spiro atoms. The second-order valence-corrected chi connectivity index (χ2v) is 6.82. The van der Waals surface area contributed by atoms with Gasteiger partial charge in [-0.25, -0.2) is 4.79 Å². The molecule has 3 heterocycles. The first-order valence-corrected chi connectivity index (χ1v) is 8.16.